The van der Waals surface area contributed by atoms with Gasteiger partial charge in [0, 0.05) is 19.1 Å². The van der Waals surface area contributed by atoms with Crippen molar-refractivity contribution < 1.29 is 0 Å². The van der Waals surface area contributed by atoms with E-state index in [9.17, 15) is 0 Å². The highest BCUT2D eigenvalue weighted by atomic mass is 127. The average Bonchev–Trinajstić information content (AvgIpc) is 2.48. The number of halogens is 1. The zero-order valence-electron chi connectivity index (χ0n) is 15.2. The number of nitrogens with one attached hydrogen (secondary N) is 2. The van der Waals surface area contributed by atoms with E-state index < -0.39 is 0 Å². The fraction of sp³-hybridized carbons (Fsp3) is 0.938. The van der Waals surface area contributed by atoms with Crippen LogP contribution in [0, 0.1) is 0 Å². The molecular formula is C16H37IN4S. The Kier molecular flexibility index (Phi) is 19.7. The van der Waals surface area contributed by atoms with Crippen molar-refractivity contribution in [2.45, 2.75) is 53.0 Å². The molecule has 6 heteroatoms. The molecular weight excluding hydrogens is 407 g/mol. The van der Waals surface area contributed by atoms with Crippen LogP contribution in [-0.2, 0) is 0 Å². The van der Waals surface area contributed by atoms with Gasteiger partial charge in [0.25, 0.3) is 0 Å². The van der Waals surface area contributed by atoms with E-state index in [1.165, 1.54) is 25.1 Å². The molecule has 134 valence electrons. The summed E-state index contributed by atoms with van der Waals surface area (Å²) in [5.74, 6) is 2.15. The largest absolute Gasteiger partial charge is 0.357 e. The Labute approximate surface area is 159 Å². The summed E-state index contributed by atoms with van der Waals surface area (Å²) in [6.07, 6.45) is 5.71. The molecule has 0 radical (unpaired) electrons. The number of guanidine groups is 1. The maximum atomic E-state index is 4.64. The van der Waals surface area contributed by atoms with Crippen LogP contribution in [-0.4, -0.2) is 61.6 Å². The first-order valence-corrected chi connectivity index (χ1v) is 9.83. The van der Waals surface area contributed by atoms with E-state index in [4.69, 9.17) is 0 Å². The van der Waals surface area contributed by atoms with E-state index in [1.807, 2.05) is 11.8 Å². The predicted octanol–water partition coefficient (Wildman–Crippen LogP) is 3.42. The molecule has 0 aromatic carbocycles. The predicted molar refractivity (Wildman–Crippen MR) is 114 cm³/mol. The molecule has 4 nitrogen and oxygen atoms in total. The Hall–Kier alpha value is 0.310. The van der Waals surface area contributed by atoms with Gasteiger partial charge in [0.2, 0.25) is 0 Å². The zero-order valence-corrected chi connectivity index (χ0v) is 18.3. The second-order valence-electron chi connectivity index (χ2n) is 5.32. The summed E-state index contributed by atoms with van der Waals surface area (Å²) >= 11 is 1.88. The lowest BCUT2D eigenvalue weighted by molar-refractivity contribution is 0.292. The molecule has 0 amide bonds. The number of hydrogen-bond donors (Lipinski definition) is 2. The Morgan fingerprint density at radius 3 is 2.41 bits per heavy atom. The first-order valence-electron chi connectivity index (χ1n) is 8.43. The molecule has 0 aromatic heterocycles. The first-order chi connectivity index (χ1) is 10.2. The van der Waals surface area contributed by atoms with Gasteiger partial charge in [-0.1, -0.05) is 13.8 Å². The summed E-state index contributed by atoms with van der Waals surface area (Å²) in [7, 11) is 0. The van der Waals surface area contributed by atoms with Crippen LogP contribution in [0.5, 0.6) is 0 Å². The highest BCUT2D eigenvalue weighted by Crippen LogP contribution is 2.00. The fourth-order valence-corrected chi connectivity index (χ4v) is 2.60. The third-order valence-corrected chi connectivity index (χ3v) is 4.21. The molecule has 0 aliphatic rings. The minimum atomic E-state index is 0. The lowest BCUT2D eigenvalue weighted by atomic mass is 10.2. The van der Waals surface area contributed by atoms with E-state index in [0.29, 0.717) is 6.04 Å². The van der Waals surface area contributed by atoms with Gasteiger partial charge in [0.05, 0.1) is 0 Å². The lowest BCUT2D eigenvalue weighted by Gasteiger charge is -2.21. The first kappa shape index (κ1) is 24.6. The number of aliphatic imine (C=N–C) groups is 1. The molecule has 1 unspecified atom stereocenters. The number of nitrogens with zero attached hydrogens (tertiary/aromatic N) is 2. The minimum Gasteiger partial charge on any atom is -0.357 e. The van der Waals surface area contributed by atoms with Gasteiger partial charge < -0.3 is 15.5 Å². The van der Waals surface area contributed by atoms with Crippen molar-refractivity contribution in [3.05, 3.63) is 0 Å². The number of hydrogen-bond acceptors (Lipinski definition) is 3. The van der Waals surface area contributed by atoms with Crippen LogP contribution in [0.1, 0.15) is 47.0 Å². The van der Waals surface area contributed by atoms with Crippen LogP contribution in [0.3, 0.4) is 0 Å². The topological polar surface area (TPSA) is 39.7 Å². The summed E-state index contributed by atoms with van der Waals surface area (Å²) in [4.78, 5) is 7.12. The van der Waals surface area contributed by atoms with E-state index in [1.54, 1.807) is 0 Å². The molecule has 2 N–H and O–H groups in total. The molecule has 0 bridgehead atoms. The third-order valence-electron chi connectivity index (χ3n) is 3.51. The second-order valence-corrected chi connectivity index (χ2v) is 6.31. The van der Waals surface area contributed by atoms with Gasteiger partial charge in [0.15, 0.2) is 5.96 Å². The quantitative estimate of drug-likeness (QED) is 0.210. The van der Waals surface area contributed by atoms with E-state index in [2.05, 4.69) is 54.5 Å². The second kappa shape index (κ2) is 17.7. The SMILES string of the molecule is CCNC(=NCCCSC)NC(C)CCCN(CC)CC.I. The summed E-state index contributed by atoms with van der Waals surface area (Å²) in [5.41, 5.74) is 0. The monoisotopic (exact) mass is 444 g/mol. The van der Waals surface area contributed by atoms with Gasteiger partial charge in [0.1, 0.15) is 0 Å². The number of rotatable bonds is 12. The van der Waals surface area contributed by atoms with E-state index >= 15 is 0 Å². The Morgan fingerprint density at radius 2 is 1.86 bits per heavy atom. The third kappa shape index (κ3) is 13.9. The van der Waals surface area contributed by atoms with Crippen molar-refractivity contribution in [2.75, 3.05) is 44.7 Å². The Bertz CT molecular complexity index is 261. The highest BCUT2D eigenvalue weighted by molar-refractivity contribution is 14.0. The molecule has 0 aliphatic carbocycles. The molecule has 0 heterocycles. The maximum absolute atomic E-state index is 4.64. The van der Waals surface area contributed by atoms with Crippen molar-refractivity contribution >= 4 is 41.7 Å². The summed E-state index contributed by atoms with van der Waals surface area (Å²) in [5, 5.41) is 6.85. The molecule has 0 saturated heterocycles. The van der Waals surface area contributed by atoms with Crippen LogP contribution in [0.4, 0.5) is 0 Å². The van der Waals surface area contributed by atoms with Crippen LogP contribution in [0.2, 0.25) is 0 Å². The Morgan fingerprint density at radius 1 is 1.18 bits per heavy atom. The highest BCUT2D eigenvalue weighted by Gasteiger charge is 2.06. The molecule has 22 heavy (non-hydrogen) atoms. The summed E-state index contributed by atoms with van der Waals surface area (Å²) in [6, 6.07) is 0.471. The molecule has 0 aromatic rings. The summed E-state index contributed by atoms with van der Waals surface area (Å²) in [6.45, 7) is 14.1. The van der Waals surface area contributed by atoms with Crippen molar-refractivity contribution in [2.24, 2.45) is 4.99 Å². The molecule has 1 atom stereocenters. The fourth-order valence-electron chi connectivity index (χ4n) is 2.19. The minimum absolute atomic E-state index is 0. The van der Waals surface area contributed by atoms with Crippen molar-refractivity contribution in [3.63, 3.8) is 0 Å². The van der Waals surface area contributed by atoms with Crippen LogP contribution >= 0.6 is 35.7 Å². The van der Waals surface area contributed by atoms with Crippen LogP contribution in [0.15, 0.2) is 4.99 Å². The van der Waals surface area contributed by atoms with Crippen LogP contribution < -0.4 is 10.6 Å². The molecule has 0 rings (SSSR count). The van der Waals surface area contributed by atoms with Crippen molar-refractivity contribution in [1.82, 2.24) is 15.5 Å². The average molecular weight is 444 g/mol. The normalized spacial score (nSPS) is 12.9. The van der Waals surface area contributed by atoms with Crippen molar-refractivity contribution in [1.29, 1.82) is 0 Å². The number of thioether (sulfide) groups is 1. The van der Waals surface area contributed by atoms with Gasteiger partial charge in [-0.3, -0.25) is 4.99 Å². The Balaban J connectivity index is 0. The maximum Gasteiger partial charge on any atom is 0.191 e. The molecule has 0 aliphatic heterocycles. The zero-order chi connectivity index (χ0) is 15.9. The van der Waals surface area contributed by atoms with Gasteiger partial charge >= 0.3 is 0 Å². The van der Waals surface area contributed by atoms with E-state index in [-0.39, 0.29) is 24.0 Å². The molecule has 0 spiro atoms. The van der Waals surface area contributed by atoms with E-state index in [0.717, 1.165) is 38.6 Å². The lowest BCUT2D eigenvalue weighted by Crippen LogP contribution is -2.42. The van der Waals surface area contributed by atoms with Gasteiger partial charge in [-0.05, 0) is 64.8 Å². The molecule has 0 fully saturated rings. The van der Waals surface area contributed by atoms with Gasteiger partial charge in [-0.15, -0.1) is 24.0 Å². The molecule has 0 saturated carbocycles. The van der Waals surface area contributed by atoms with Gasteiger partial charge in [-0.25, -0.2) is 0 Å². The van der Waals surface area contributed by atoms with Crippen molar-refractivity contribution in [3.8, 4) is 0 Å². The van der Waals surface area contributed by atoms with Gasteiger partial charge in [-0.2, -0.15) is 11.8 Å². The summed E-state index contributed by atoms with van der Waals surface area (Å²) < 4.78 is 0. The van der Waals surface area contributed by atoms with Crippen LogP contribution in [0.25, 0.3) is 0 Å². The standard InChI is InChI=1S/C16H36N4S.HI/c1-6-17-16(18-12-10-14-21-5)19-15(4)11-9-13-20(7-2)8-3;/h15H,6-14H2,1-5H3,(H2,17,18,19);1H. The smallest absolute Gasteiger partial charge is 0.191 e.